The number of unbranched alkanes of at least 4 members (excludes halogenated alkanes) is 1. The van der Waals surface area contributed by atoms with Crippen LogP contribution in [-0.2, 0) is 17.3 Å². The number of para-hydroxylation sites is 1. The predicted molar refractivity (Wildman–Crippen MR) is 236 cm³/mol. The van der Waals surface area contributed by atoms with Crippen molar-refractivity contribution in [2.75, 3.05) is 4.90 Å². The molecule has 4 bridgehead atoms. The summed E-state index contributed by atoms with van der Waals surface area (Å²) in [5.41, 5.74) is 16.8. The van der Waals surface area contributed by atoms with Crippen molar-refractivity contribution in [3.63, 3.8) is 0 Å². The standard InChI is InChI=1S/C54H53NO/c1-5-7-10-39-15-22-45(23-16-39)55(50-28-36(3)48(27-37(50)4)42-17-26-52-49(30-42)47-11-8-9-12-51(47)56-52)46-24-20-44(21-25-46)54-33-40-29-41(34-54)32-53(31-40,35-54)43-18-13-38(6-2)14-19-43/h6,8-9,11-28,30,40-41H,2,5,7,10,29,31-35H2,1,3-4H3. The van der Waals surface area contributed by atoms with Crippen molar-refractivity contribution in [3.8, 4) is 11.1 Å². The first-order valence-corrected chi connectivity index (χ1v) is 21.1. The average molecular weight is 732 g/mol. The maximum absolute atomic E-state index is 6.18. The fourth-order valence-electron chi connectivity index (χ4n) is 11.7. The van der Waals surface area contributed by atoms with E-state index < -0.39 is 0 Å². The summed E-state index contributed by atoms with van der Waals surface area (Å²) >= 11 is 0. The summed E-state index contributed by atoms with van der Waals surface area (Å²) in [7, 11) is 0. The molecule has 4 saturated carbocycles. The van der Waals surface area contributed by atoms with E-state index in [1.54, 1.807) is 11.1 Å². The summed E-state index contributed by atoms with van der Waals surface area (Å²) in [6.45, 7) is 10.8. The second-order valence-corrected chi connectivity index (χ2v) is 17.8. The lowest BCUT2D eigenvalue weighted by Gasteiger charge is -2.63. The number of rotatable bonds is 10. The van der Waals surface area contributed by atoms with Gasteiger partial charge in [0.2, 0.25) is 0 Å². The van der Waals surface area contributed by atoms with Crippen LogP contribution in [0.25, 0.3) is 39.1 Å². The molecule has 4 aliphatic rings. The summed E-state index contributed by atoms with van der Waals surface area (Å²) in [5, 5.41) is 2.33. The van der Waals surface area contributed by atoms with E-state index in [4.69, 9.17) is 4.42 Å². The number of anilines is 3. The molecule has 11 rings (SSSR count). The summed E-state index contributed by atoms with van der Waals surface area (Å²) in [6, 6.07) is 48.4. The molecule has 6 aromatic carbocycles. The molecule has 0 amide bonds. The van der Waals surface area contributed by atoms with E-state index >= 15 is 0 Å². The first-order chi connectivity index (χ1) is 27.3. The Kier molecular flexibility index (Phi) is 8.58. The SMILES string of the molecule is C=Cc1ccc(C23CC4CC(C2)CC(c2ccc(N(c5ccc(CCCC)cc5)c5cc(C)c(-c6ccc7oc8ccccc8c7c6)cc5C)cc2)(C4)C3)cc1. The first-order valence-electron chi connectivity index (χ1n) is 21.1. The highest BCUT2D eigenvalue weighted by molar-refractivity contribution is 6.06. The number of nitrogens with zero attached hydrogens (tertiary/aromatic N) is 1. The lowest BCUT2D eigenvalue weighted by atomic mass is 9.42. The van der Waals surface area contributed by atoms with E-state index in [0.717, 1.165) is 29.4 Å². The van der Waals surface area contributed by atoms with Gasteiger partial charge in [-0.2, -0.15) is 0 Å². The quantitative estimate of drug-likeness (QED) is 0.139. The third kappa shape index (κ3) is 5.92. The van der Waals surface area contributed by atoms with Crippen LogP contribution in [0.15, 0.2) is 138 Å². The Morgan fingerprint density at radius 3 is 1.96 bits per heavy atom. The van der Waals surface area contributed by atoms with Gasteiger partial charge in [0.05, 0.1) is 0 Å². The van der Waals surface area contributed by atoms with Crippen molar-refractivity contribution in [2.24, 2.45) is 11.8 Å². The van der Waals surface area contributed by atoms with Crippen LogP contribution in [0.3, 0.4) is 0 Å². The normalized spacial score (nSPS) is 22.6. The molecule has 56 heavy (non-hydrogen) atoms. The minimum absolute atomic E-state index is 0.251. The van der Waals surface area contributed by atoms with Crippen LogP contribution in [0, 0.1) is 25.7 Å². The molecule has 4 fully saturated rings. The minimum atomic E-state index is 0.251. The second-order valence-electron chi connectivity index (χ2n) is 17.8. The topological polar surface area (TPSA) is 16.4 Å². The van der Waals surface area contributed by atoms with Gasteiger partial charge in [0, 0.05) is 27.8 Å². The summed E-state index contributed by atoms with van der Waals surface area (Å²) in [6.07, 6.45) is 13.6. The largest absolute Gasteiger partial charge is 0.456 e. The lowest BCUT2D eigenvalue weighted by molar-refractivity contribution is -0.0281. The predicted octanol–water partition coefficient (Wildman–Crippen LogP) is 15.1. The Bertz CT molecular complexity index is 2560. The van der Waals surface area contributed by atoms with Crippen LogP contribution in [0.5, 0.6) is 0 Å². The molecule has 2 heteroatoms. The molecule has 0 spiro atoms. The Hall–Kier alpha value is -5.34. The molecule has 0 saturated heterocycles. The molecule has 2 atom stereocenters. The average Bonchev–Trinajstić information content (AvgIpc) is 3.59. The van der Waals surface area contributed by atoms with Gasteiger partial charge in [-0.3, -0.25) is 0 Å². The minimum Gasteiger partial charge on any atom is -0.456 e. The zero-order valence-electron chi connectivity index (χ0n) is 33.3. The van der Waals surface area contributed by atoms with Crippen molar-refractivity contribution in [1.29, 1.82) is 0 Å². The lowest BCUT2D eigenvalue weighted by Crippen LogP contribution is -2.55. The van der Waals surface area contributed by atoms with Crippen molar-refractivity contribution in [1.82, 2.24) is 0 Å². The number of aryl methyl sites for hydroxylation is 3. The van der Waals surface area contributed by atoms with Gasteiger partial charge >= 0.3 is 0 Å². The first kappa shape index (κ1) is 35.1. The van der Waals surface area contributed by atoms with E-state index in [1.807, 2.05) is 12.1 Å². The van der Waals surface area contributed by atoms with Crippen LogP contribution < -0.4 is 4.90 Å². The number of benzene rings is 6. The number of fused-ring (bicyclic) bond motifs is 3. The van der Waals surface area contributed by atoms with E-state index in [-0.39, 0.29) is 5.41 Å². The van der Waals surface area contributed by atoms with Gasteiger partial charge in [0.15, 0.2) is 0 Å². The zero-order valence-corrected chi connectivity index (χ0v) is 33.3. The van der Waals surface area contributed by atoms with E-state index in [2.05, 4.69) is 154 Å². The fraction of sp³-hybridized carbons (Fsp3) is 0.296. The van der Waals surface area contributed by atoms with Crippen LogP contribution in [0.1, 0.15) is 91.7 Å². The van der Waals surface area contributed by atoms with Crippen LogP contribution in [0.2, 0.25) is 0 Å². The molecule has 1 heterocycles. The summed E-state index contributed by atoms with van der Waals surface area (Å²) < 4.78 is 6.18. The highest BCUT2D eigenvalue weighted by Crippen LogP contribution is 2.66. The van der Waals surface area contributed by atoms with Crippen LogP contribution >= 0.6 is 0 Å². The molecular formula is C54H53NO. The fourth-order valence-corrected chi connectivity index (χ4v) is 11.7. The second kappa shape index (κ2) is 13.7. The van der Waals surface area contributed by atoms with Gasteiger partial charge in [0.1, 0.15) is 11.2 Å². The van der Waals surface area contributed by atoms with Gasteiger partial charge in [-0.15, -0.1) is 0 Å². The molecule has 2 nitrogen and oxygen atoms in total. The third-order valence-electron chi connectivity index (χ3n) is 14.0. The van der Waals surface area contributed by atoms with E-state index in [1.165, 1.54) is 113 Å². The highest BCUT2D eigenvalue weighted by Gasteiger charge is 2.58. The Labute approximate surface area is 332 Å². The molecule has 1 aromatic heterocycles. The molecule has 4 aliphatic carbocycles. The monoisotopic (exact) mass is 731 g/mol. The van der Waals surface area contributed by atoms with E-state index in [0.29, 0.717) is 5.41 Å². The van der Waals surface area contributed by atoms with Gasteiger partial charge in [0.25, 0.3) is 0 Å². The number of hydrogen-bond acceptors (Lipinski definition) is 2. The molecular weight excluding hydrogens is 679 g/mol. The van der Waals surface area contributed by atoms with Crippen molar-refractivity contribution in [3.05, 3.63) is 167 Å². The molecule has 0 aliphatic heterocycles. The van der Waals surface area contributed by atoms with E-state index in [9.17, 15) is 0 Å². The van der Waals surface area contributed by atoms with Gasteiger partial charge < -0.3 is 9.32 Å². The Morgan fingerprint density at radius 1 is 0.679 bits per heavy atom. The smallest absolute Gasteiger partial charge is 0.135 e. The molecule has 0 N–H and O–H groups in total. The Morgan fingerprint density at radius 2 is 1.30 bits per heavy atom. The van der Waals surface area contributed by atoms with Crippen molar-refractivity contribution in [2.45, 2.75) is 89.4 Å². The number of furan rings is 1. The van der Waals surface area contributed by atoms with Crippen molar-refractivity contribution >= 4 is 45.1 Å². The maximum atomic E-state index is 6.18. The maximum Gasteiger partial charge on any atom is 0.135 e. The molecule has 7 aromatic rings. The van der Waals surface area contributed by atoms with Crippen LogP contribution in [-0.4, -0.2) is 0 Å². The summed E-state index contributed by atoms with van der Waals surface area (Å²) in [5.74, 6) is 1.63. The van der Waals surface area contributed by atoms with Gasteiger partial charge in [-0.25, -0.2) is 0 Å². The molecule has 2 unspecified atom stereocenters. The molecule has 0 radical (unpaired) electrons. The zero-order chi connectivity index (χ0) is 38.0. The van der Waals surface area contributed by atoms with Gasteiger partial charge in [-0.1, -0.05) is 98.8 Å². The molecule has 280 valence electrons. The Balaban J connectivity index is 1.02. The van der Waals surface area contributed by atoms with Crippen LogP contribution in [0.4, 0.5) is 17.1 Å². The van der Waals surface area contributed by atoms with Crippen molar-refractivity contribution < 1.29 is 4.42 Å². The number of hydrogen-bond donors (Lipinski definition) is 0. The highest BCUT2D eigenvalue weighted by atomic mass is 16.3. The third-order valence-corrected chi connectivity index (χ3v) is 14.0. The summed E-state index contributed by atoms with van der Waals surface area (Å²) in [4.78, 5) is 2.49. The van der Waals surface area contributed by atoms with Gasteiger partial charge in [-0.05, 0) is 187 Å².